The summed E-state index contributed by atoms with van der Waals surface area (Å²) < 4.78 is 13.6. The molecule has 0 radical (unpaired) electrons. The van der Waals surface area contributed by atoms with E-state index in [0.29, 0.717) is 12.5 Å². The van der Waals surface area contributed by atoms with Crippen molar-refractivity contribution in [2.45, 2.75) is 25.7 Å². The van der Waals surface area contributed by atoms with Crippen LogP contribution in [-0.2, 0) is 6.42 Å². The Bertz CT molecular complexity index is 459. The van der Waals surface area contributed by atoms with Gasteiger partial charge in [0, 0.05) is 6.54 Å². The summed E-state index contributed by atoms with van der Waals surface area (Å²) in [6.07, 6.45) is 2.87. The van der Waals surface area contributed by atoms with Crippen molar-refractivity contribution in [2.75, 3.05) is 26.2 Å². The van der Waals surface area contributed by atoms with Crippen LogP contribution in [0.1, 0.15) is 24.8 Å². The van der Waals surface area contributed by atoms with E-state index in [1.807, 2.05) is 12.1 Å². The summed E-state index contributed by atoms with van der Waals surface area (Å²) in [4.78, 5) is 12.7. The Balaban J connectivity index is 1.66. The van der Waals surface area contributed by atoms with Crippen molar-refractivity contribution in [3.05, 3.63) is 35.6 Å². The normalized spacial score (nSPS) is 16.8. The van der Waals surface area contributed by atoms with Crippen molar-refractivity contribution < 1.29 is 14.3 Å². The van der Waals surface area contributed by atoms with Crippen LogP contribution in [0.25, 0.3) is 0 Å². The summed E-state index contributed by atoms with van der Waals surface area (Å²) >= 11 is 0. The monoisotopic (exact) mass is 294 g/mol. The zero-order valence-corrected chi connectivity index (χ0v) is 12.2. The van der Waals surface area contributed by atoms with Crippen molar-refractivity contribution in [1.82, 2.24) is 10.2 Å². The third kappa shape index (κ3) is 5.34. The lowest BCUT2D eigenvalue weighted by Gasteiger charge is -2.32. The molecular formula is C16H23FN2O2. The van der Waals surface area contributed by atoms with Gasteiger partial charge >= 0.3 is 6.09 Å². The van der Waals surface area contributed by atoms with Crippen molar-refractivity contribution in [3.8, 4) is 0 Å². The number of carbonyl (C=O) groups is 1. The lowest BCUT2D eigenvalue weighted by molar-refractivity contribution is 0.177. The molecule has 1 fully saturated rings. The van der Waals surface area contributed by atoms with Crippen LogP contribution in [0, 0.1) is 11.7 Å². The van der Waals surface area contributed by atoms with Gasteiger partial charge in [-0.05, 0) is 62.9 Å². The number of amides is 1. The average molecular weight is 294 g/mol. The summed E-state index contributed by atoms with van der Waals surface area (Å²) in [5.41, 5.74) is 0.821. The van der Waals surface area contributed by atoms with Crippen LogP contribution in [0.3, 0.4) is 0 Å². The van der Waals surface area contributed by atoms with Gasteiger partial charge in [0.05, 0.1) is 0 Å². The molecule has 0 saturated carbocycles. The summed E-state index contributed by atoms with van der Waals surface area (Å²) in [7, 11) is 0. The van der Waals surface area contributed by atoms with Crippen LogP contribution in [0.5, 0.6) is 0 Å². The van der Waals surface area contributed by atoms with E-state index in [2.05, 4.69) is 10.2 Å². The van der Waals surface area contributed by atoms with E-state index >= 15 is 0 Å². The van der Waals surface area contributed by atoms with Crippen LogP contribution in [-0.4, -0.2) is 42.3 Å². The standard InChI is InChI=1S/C16H23FN2O2/c17-15-5-2-1-4-14(15)12-13-6-10-19(11-7-13)9-3-8-18-16(20)21/h1-2,4-5,13,18H,3,6-12H2,(H,20,21). The van der Waals surface area contributed by atoms with Crippen LogP contribution in [0.15, 0.2) is 24.3 Å². The van der Waals surface area contributed by atoms with Gasteiger partial charge in [0.2, 0.25) is 0 Å². The minimum atomic E-state index is -0.960. The van der Waals surface area contributed by atoms with Gasteiger partial charge in [-0.25, -0.2) is 9.18 Å². The van der Waals surface area contributed by atoms with Crippen LogP contribution in [0.4, 0.5) is 9.18 Å². The van der Waals surface area contributed by atoms with E-state index < -0.39 is 6.09 Å². The second-order valence-corrected chi connectivity index (χ2v) is 5.67. The second kappa shape index (κ2) is 7.98. The lowest BCUT2D eigenvalue weighted by Crippen LogP contribution is -2.36. The maximum absolute atomic E-state index is 13.6. The summed E-state index contributed by atoms with van der Waals surface area (Å²) in [5, 5.41) is 10.9. The summed E-state index contributed by atoms with van der Waals surface area (Å²) in [5.74, 6) is 0.454. The van der Waals surface area contributed by atoms with Crippen molar-refractivity contribution in [1.29, 1.82) is 0 Å². The van der Waals surface area contributed by atoms with Crippen molar-refractivity contribution >= 4 is 6.09 Å². The zero-order valence-electron chi connectivity index (χ0n) is 12.2. The zero-order chi connectivity index (χ0) is 15.1. The Morgan fingerprint density at radius 1 is 1.33 bits per heavy atom. The molecule has 1 saturated heterocycles. The highest BCUT2D eigenvalue weighted by Crippen LogP contribution is 2.22. The molecule has 2 rings (SSSR count). The highest BCUT2D eigenvalue weighted by molar-refractivity contribution is 5.64. The maximum atomic E-state index is 13.6. The van der Waals surface area contributed by atoms with E-state index in [1.165, 1.54) is 6.07 Å². The average Bonchev–Trinajstić information content (AvgIpc) is 2.47. The highest BCUT2D eigenvalue weighted by Gasteiger charge is 2.20. The van der Waals surface area contributed by atoms with Gasteiger partial charge in [-0.2, -0.15) is 0 Å². The Morgan fingerprint density at radius 2 is 2.05 bits per heavy atom. The smallest absolute Gasteiger partial charge is 0.404 e. The molecule has 116 valence electrons. The Labute approximate surface area is 125 Å². The molecule has 1 aliphatic heterocycles. The third-order valence-corrected chi connectivity index (χ3v) is 4.10. The molecule has 0 bridgehead atoms. The largest absolute Gasteiger partial charge is 0.465 e. The first-order valence-electron chi connectivity index (χ1n) is 7.57. The number of benzene rings is 1. The van der Waals surface area contributed by atoms with Crippen LogP contribution in [0.2, 0.25) is 0 Å². The van der Waals surface area contributed by atoms with E-state index in [4.69, 9.17) is 5.11 Å². The topological polar surface area (TPSA) is 52.6 Å². The SMILES string of the molecule is O=C(O)NCCCN1CCC(Cc2ccccc2F)CC1. The van der Waals surface area contributed by atoms with Gasteiger partial charge in [0.25, 0.3) is 0 Å². The summed E-state index contributed by atoms with van der Waals surface area (Å²) in [6.45, 7) is 3.47. The molecule has 0 spiro atoms. The number of nitrogens with one attached hydrogen (secondary N) is 1. The molecule has 1 aromatic rings. The Morgan fingerprint density at radius 3 is 2.71 bits per heavy atom. The predicted octanol–water partition coefficient (Wildman–Crippen LogP) is 2.74. The van der Waals surface area contributed by atoms with Gasteiger partial charge < -0.3 is 15.3 Å². The van der Waals surface area contributed by atoms with E-state index in [0.717, 1.165) is 50.9 Å². The number of nitrogens with zero attached hydrogens (tertiary/aromatic N) is 1. The first-order valence-corrected chi connectivity index (χ1v) is 7.57. The molecule has 0 aromatic heterocycles. The minimum absolute atomic E-state index is 0.0975. The molecule has 1 heterocycles. The van der Waals surface area contributed by atoms with Crippen molar-refractivity contribution in [3.63, 3.8) is 0 Å². The Hall–Kier alpha value is -1.62. The molecule has 2 N–H and O–H groups in total. The molecule has 0 unspecified atom stereocenters. The van der Waals surface area contributed by atoms with E-state index in [9.17, 15) is 9.18 Å². The summed E-state index contributed by atoms with van der Waals surface area (Å²) in [6, 6.07) is 7.02. The second-order valence-electron chi connectivity index (χ2n) is 5.67. The first kappa shape index (κ1) is 15.8. The van der Waals surface area contributed by atoms with E-state index in [-0.39, 0.29) is 5.82 Å². The van der Waals surface area contributed by atoms with E-state index in [1.54, 1.807) is 6.07 Å². The predicted molar refractivity (Wildman–Crippen MR) is 79.9 cm³/mol. The Kier molecular flexibility index (Phi) is 5.99. The molecule has 0 aliphatic carbocycles. The highest BCUT2D eigenvalue weighted by atomic mass is 19.1. The number of likely N-dealkylation sites (tertiary alicyclic amines) is 1. The van der Waals surface area contributed by atoms with Gasteiger partial charge in [-0.15, -0.1) is 0 Å². The van der Waals surface area contributed by atoms with Gasteiger partial charge in [0.1, 0.15) is 5.82 Å². The fourth-order valence-electron chi connectivity index (χ4n) is 2.89. The quantitative estimate of drug-likeness (QED) is 0.793. The first-order chi connectivity index (χ1) is 10.1. The molecule has 1 amide bonds. The molecule has 1 aromatic carbocycles. The lowest BCUT2D eigenvalue weighted by atomic mass is 9.90. The molecule has 5 heteroatoms. The number of carboxylic acid groups (broad SMARTS) is 1. The van der Waals surface area contributed by atoms with Crippen LogP contribution < -0.4 is 5.32 Å². The number of rotatable bonds is 6. The molecular weight excluding hydrogens is 271 g/mol. The third-order valence-electron chi connectivity index (χ3n) is 4.10. The molecule has 21 heavy (non-hydrogen) atoms. The fourth-order valence-corrected chi connectivity index (χ4v) is 2.89. The van der Waals surface area contributed by atoms with Gasteiger partial charge in [-0.1, -0.05) is 18.2 Å². The molecule has 0 atom stereocenters. The number of piperidine rings is 1. The van der Waals surface area contributed by atoms with Gasteiger partial charge in [0.15, 0.2) is 0 Å². The number of halogens is 1. The van der Waals surface area contributed by atoms with Crippen LogP contribution >= 0.6 is 0 Å². The number of hydrogen-bond acceptors (Lipinski definition) is 2. The van der Waals surface area contributed by atoms with Gasteiger partial charge in [-0.3, -0.25) is 0 Å². The minimum Gasteiger partial charge on any atom is -0.465 e. The maximum Gasteiger partial charge on any atom is 0.404 e. The fraction of sp³-hybridized carbons (Fsp3) is 0.562. The molecule has 4 nitrogen and oxygen atoms in total. The van der Waals surface area contributed by atoms with Crippen molar-refractivity contribution in [2.24, 2.45) is 5.92 Å². The number of hydrogen-bond donors (Lipinski definition) is 2. The molecule has 1 aliphatic rings.